The number of sulfonamides is 1. The molecule has 0 aliphatic heterocycles. The first kappa shape index (κ1) is 22.2. The first-order valence-corrected chi connectivity index (χ1v) is 11.9. The Balaban J connectivity index is 2.10. The summed E-state index contributed by atoms with van der Waals surface area (Å²) in [4.78, 5) is 2.57. The summed E-state index contributed by atoms with van der Waals surface area (Å²) in [6.07, 6.45) is 0. The fourth-order valence-corrected chi connectivity index (χ4v) is 5.04. The van der Waals surface area contributed by atoms with Crippen LogP contribution in [0.25, 0.3) is 0 Å². The maximum absolute atomic E-state index is 13.3. The van der Waals surface area contributed by atoms with Crippen LogP contribution in [0.5, 0.6) is 0 Å². The average Bonchev–Trinajstić information content (AvgIpc) is 2.77. The minimum atomic E-state index is -3.70. The van der Waals surface area contributed by atoms with Crippen molar-refractivity contribution in [1.29, 1.82) is 0 Å². The Morgan fingerprint density at radius 2 is 1.27 bits per heavy atom. The summed E-state index contributed by atoms with van der Waals surface area (Å²) < 4.78 is 29.7. The van der Waals surface area contributed by atoms with Gasteiger partial charge in [0.2, 0.25) is 10.0 Å². The Morgan fingerprint density at radius 3 is 1.77 bits per heavy atom. The lowest BCUT2D eigenvalue weighted by Crippen LogP contribution is -2.41. The van der Waals surface area contributed by atoms with Gasteiger partial charge in [0.15, 0.2) is 0 Å². The molecule has 3 rings (SSSR count). The molecule has 0 amide bonds. The second-order valence-corrected chi connectivity index (χ2v) is 9.11. The number of nitrogens with zero attached hydrogens (tertiary/aromatic N) is 1. The van der Waals surface area contributed by atoms with Gasteiger partial charge in [-0.3, -0.25) is 4.90 Å². The van der Waals surface area contributed by atoms with Crippen molar-refractivity contribution in [1.82, 2.24) is 9.62 Å². The highest BCUT2D eigenvalue weighted by Gasteiger charge is 2.32. The van der Waals surface area contributed by atoms with Gasteiger partial charge >= 0.3 is 0 Å². The van der Waals surface area contributed by atoms with Gasteiger partial charge in [-0.1, -0.05) is 92.2 Å². The van der Waals surface area contributed by atoms with Crippen molar-refractivity contribution in [3.8, 4) is 0 Å². The lowest BCUT2D eigenvalue weighted by atomic mass is 9.92. The molecule has 0 unspecified atom stereocenters. The summed E-state index contributed by atoms with van der Waals surface area (Å²) in [5, 5.41) is 0. The van der Waals surface area contributed by atoms with Crippen molar-refractivity contribution in [2.45, 2.75) is 37.8 Å². The zero-order valence-corrected chi connectivity index (χ0v) is 18.6. The number of hydrogen-bond acceptors (Lipinski definition) is 3. The molecule has 0 aromatic heterocycles. The third-order valence-corrected chi connectivity index (χ3v) is 6.89. The van der Waals surface area contributed by atoms with E-state index in [4.69, 9.17) is 0 Å². The van der Waals surface area contributed by atoms with Gasteiger partial charge < -0.3 is 0 Å². The SMILES string of the molecule is CCN(CC)[C@H](c1ccccc1)[C@H](NS(=O)(=O)c1ccc(C)cc1)c1ccccc1. The molecule has 158 valence electrons. The van der Waals surface area contributed by atoms with E-state index >= 15 is 0 Å². The van der Waals surface area contributed by atoms with Gasteiger partial charge in [0, 0.05) is 0 Å². The summed E-state index contributed by atoms with van der Waals surface area (Å²) in [7, 11) is -3.70. The maximum Gasteiger partial charge on any atom is 0.241 e. The zero-order valence-electron chi connectivity index (χ0n) is 17.8. The summed E-state index contributed by atoms with van der Waals surface area (Å²) in [5.41, 5.74) is 3.05. The molecule has 0 bridgehead atoms. The normalized spacial score (nSPS) is 13.9. The summed E-state index contributed by atoms with van der Waals surface area (Å²) >= 11 is 0. The van der Waals surface area contributed by atoms with Crippen molar-refractivity contribution in [2.24, 2.45) is 0 Å². The van der Waals surface area contributed by atoms with Crippen LogP contribution in [-0.2, 0) is 10.0 Å². The highest BCUT2D eigenvalue weighted by molar-refractivity contribution is 7.89. The Hall–Kier alpha value is -2.47. The van der Waals surface area contributed by atoms with Crippen molar-refractivity contribution in [2.75, 3.05) is 13.1 Å². The van der Waals surface area contributed by atoms with Crippen molar-refractivity contribution in [3.63, 3.8) is 0 Å². The van der Waals surface area contributed by atoms with Gasteiger partial charge in [-0.25, -0.2) is 13.1 Å². The van der Waals surface area contributed by atoms with Crippen molar-refractivity contribution in [3.05, 3.63) is 102 Å². The molecule has 0 aliphatic rings. The predicted octanol–water partition coefficient (Wildman–Crippen LogP) is 5.10. The van der Waals surface area contributed by atoms with Crippen molar-refractivity contribution < 1.29 is 8.42 Å². The monoisotopic (exact) mass is 422 g/mol. The minimum Gasteiger partial charge on any atom is -0.295 e. The molecule has 2 atom stereocenters. The highest BCUT2D eigenvalue weighted by atomic mass is 32.2. The molecule has 0 saturated heterocycles. The van der Waals surface area contributed by atoms with Gasteiger partial charge in [0.05, 0.1) is 17.0 Å². The molecule has 0 spiro atoms. The van der Waals surface area contributed by atoms with E-state index < -0.39 is 16.1 Å². The molecule has 0 saturated carbocycles. The summed E-state index contributed by atoms with van der Waals surface area (Å²) in [6.45, 7) is 7.78. The van der Waals surface area contributed by atoms with E-state index in [1.165, 1.54) is 0 Å². The first-order valence-electron chi connectivity index (χ1n) is 10.4. The Bertz CT molecular complexity index is 1020. The molecule has 30 heavy (non-hydrogen) atoms. The number of nitrogens with one attached hydrogen (secondary N) is 1. The molecular weight excluding hydrogens is 392 g/mol. The van der Waals surface area contributed by atoms with Crippen LogP contribution in [0.4, 0.5) is 0 Å². The second-order valence-electron chi connectivity index (χ2n) is 7.40. The Kier molecular flexibility index (Phi) is 7.43. The molecule has 0 fully saturated rings. The molecule has 0 heterocycles. The molecule has 1 N–H and O–H groups in total. The third-order valence-electron chi connectivity index (χ3n) is 5.43. The van der Waals surface area contributed by atoms with Gasteiger partial charge in [-0.05, 0) is 43.3 Å². The number of aryl methyl sites for hydroxylation is 1. The van der Waals surface area contributed by atoms with E-state index in [0.717, 1.165) is 29.8 Å². The predicted molar refractivity (Wildman–Crippen MR) is 123 cm³/mol. The molecule has 5 heteroatoms. The van der Waals surface area contributed by atoms with E-state index in [1.807, 2.05) is 67.6 Å². The van der Waals surface area contributed by atoms with E-state index in [9.17, 15) is 8.42 Å². The third kappa shape index (κ3) is 5.17. The Morgan fingerprint density at radius 1 is 0.767 bits per heavy atom. The van der Waals surface area contributed by atoms with E-state index in [0.29, 0.717) is 0 Å². The van der Waals surface area contributed by atoms with Crippen LogP contribution in [0.1, 0.15) is 42.6 Å². The maximum atomic E-state index is 13.3. The standard InChI is InChI=1S/C25H30N2O2S/c1-4-27(5-2)25(22-14-10-7-11-15-22)24(21-12-8-6-9-13-21)26-30(28,29)23-18-16-20(3)17-19-23/h6-19,24-26H,4-5H2,1-3H3/t24-,25-/m1/s1. The molecule has 4 nitrogen and oxygen atoms in total. The van der Waals surface area contributed by atoms with E-state index in [2.05, 4.69) is 35.6 Å². The van der Waals surface area contributed by atoms with Gasteiger partial charge in [-0.2, -0.15) is 0 Å². The van der Waals surface area contributed by atoms with Crippen LogP contribution < -0.4 is 4.72 Å². The van der Waals surface area contributed by atoms with Crippen LogP contribution in [0.2, 0.25) is 0 Å². The van der Waals surface area contributed by atoms with Crippen LogP contribution in [-0.4, -0.2) is 26.4 Å². The van der Waals surface area contributed by atoms with E-state index in [1.54, 1.807) is 12.1 Å². The van der Waals surface area contributed by atoms with Crippen LogP contribution in [0.3, 0.4) is 0 Å². The van der Waals surface area contributed by atoms with Crippen LogP contribution in [0, 0.1) is 6.92 Å². The van der Waals surface area contributed by atoms with Crippen molar-refractivity contribution >= 4 is 10.0 Å². The lowest BCUT2D eigenvalue weighted by Gasteiger charge is -2.37. The zero-order chi connectivity index (χ0) is 21.6. The number of benzene rings is 3. The molecular formula is C25H30N2O2S. The summed E-state index contributed by atoms with van der Waals surface area (Å²) in [5.74, 6) is 0. The van der Waals surface area contributed by atoms with Crippen LogP contribution >= 0.6 is 0 Å². The number of hydrogen-bond donors (Lipinski definition) is 1. The van der Waals surface area contributed by atoms with Gasteiger partial charge in [0.25, 0.3) is 0 Å². The van der Waals surface area contributed by atoms with Crippen LogP contribution in [0.15, 0.2) is 89.8 Å². The quantitative estimate of drug-likeness (QED) is 0.522. The minimum absolute atomic E-state index is 0.135. The molecule has 3 aromatic carbocycles. The average molecular weight is 423 g/mol. The fourth-order valence-electron chi connectivity index (χ4n) is 3.81. The molecule has 0 aliphatic carbocycles. The molecule has 0 radical (unpaired) electrons. The highest BCUT2D eigenvalue weighted by Crippen LogP contribution is 2.35. The smallest absolute Gasteiger partial charge is 0.241 e. The van der Waals surface area contributed by atoms with Gasteiger partial charge in [0.1, 0.15) is 0 Å². The number of likely N-dealkylation sites (N-methyl/N-ethyl adjacent to an activating group) is 1. The second kappa shape index (κ2) is 10.0. The Labute approximate surface area is 180 Å². The summed E-state index contributed by atoms with van der Waals surface area (Å²) in [6, 6.07) is 26.4. The first-order chi connectivity index (χ1) is 14.5. The lowest BCUT2D eigenvalue weighted by molar-refractivity contribution is 0.183. The van der Waals surface area contributed by atoms with E-state index in [-0.39, 0.29) is 10.9 Å². The fraction of sp³-hybridized carbons (Fsp3) is 0.280. The van der Waals surface area contributed by atoms with Gasteiger partial charge in [-0.15, -0.1) is 0 Å². The topological polar surface area (TPSA) is 49.4 Å². The molecule has 3 aromatic rings. The largest absolute Gasteiger partial charge is 0.295 e. The number of rotatable bonds is 9.